The average molecular weight is 352 g/mol. The van der Waals surface area contributed by atoms with E-state index in [0.29, 0.717) is 25.6 Å². The van der Waals surface area contributed by atoms with Crippen LogP contribution in [0.25, 0.3) is 11.0 Å². The first-order valence-electron chi connectivity index (χ1n) is 9.00. The van der Waals surface area contributed by atoms with Gasteiger partial charge in [0.15, 0.2) is 0 Å². The molecule has 1 amide bonds. The molecule has 3 heterocycles. The van der Waals surface area contributed by atoms with Crippen LogP contribution in [0.5, 0.6) is 0 Å². The molecular formula is C18H20N6O2. The van der Waals surface area contributed by atoms with Gasteiger partial charge in [-0.05, 0) is 37.0 Å². The van der Waals surface area contributed by atoms with Crippen LogP contribution in [0.1, 0.15) is 30.3 Å². The number of rotatable bonds is 4. The summed E-state index contributed by atoms with van der Waals surface area (Å²) in [5.41, 5.74) is 3.28. The van der Waals surface area contributed by atoms with E-state index in [1.54, 1.807) is 4.90 Å². The molecule has 2 aliphatic rings. The molecule has 1 N–H and O–H groups in total. The Bertz CT molecular complexity index is 940. The summed E-state index contributed by atoms with van der Waals surface area (Å²) in [6.07, 6.45) is 1.66. The second-order valence-corrected chi connectivity index (χ2v) is 7.10. The number of carbonyl (C=O) groups excluding carboxylic acids is 1. The van der Waals surface area contributed by atoms with E-state index >= 15 is 0 Å². The predicted molar refractivity (Wildman–Crippen MR) is 92.9 cm³/mol. The number of amides is 1. The third-order valence-electron chi connectivity index (χ3n) is 5.15. The topological polar surface area (TPSA) is 89.1 Å². The maximum atomic E-state index is 12.7. The van der Waals surface area contributed by atoms with Gasteiger partial charge < -0.3 is 10.0 Å². The van der Waals surface area contributed by atoms with Crippen molar-refractivity contribution in [1.29, 1.82) is 0 Å². The summed E-state index contributed by atoms with van der Waals surface area (Å²) in [6, 6.07) is 9.51. The third kappa shape index (κ3) is 2.76. The van der Waals surface area contributed by atoms with Crippen LogP contribution < -0.4 is 0 Å². The molecule has 1 saturated carbocycles. The molecular weight excluding hydrogens is 332 g/mol. The van der Waals surface area contributed by atoms with Gasteiger partial charge in [-0.15, -0.1) is 0 Å². The van der Waals surface area contributed by atoms with E-state index in [2.05, 4.69) is 15.3 Å². The Morgan fingerprint density at radius 3 is 2.58 bits per heavy atom. The fourth-order valence-corrected chi connectivity index (χ4v) is 3.50. The summed E-state index contributed by atoms with van der Waals surface area (Å²) in [7, 11) is 0. The van der Waals surface area contributed by atoms with Gasteiger partial charge in [0.25, 0.3) is 0 Å². The van der Waals surface area contributed by atoms with Crippen LogP contribution in [0.2, 0.25) is 0 Å². The molecule has 8 nitrogen and oxygen atoms in total. The van der Waals surface area contributed by atoms with Crippen molar-refractivity contribution in [2.45, 2.75) is 38.6 Å². The first-order chi connectivity index (χ1) is 12.7. The Hall–Kier alpha value is -2.74. The largest absolute Gasteiger partial charge is 0.386 e. The van der Waals surface area contributed by atoms with Gasteiger partial charge in [0.1, 0.15) is 23.7 Å². The van der Waals surface area contributed by atoms with Gasteiger partial charge in [0.05, 0.1) is 24.5 Å². The summed E-state index contributed by atoms with van der Waals surface area (Å²) in [5, 5.41) is 23.5. The molecule has 134 valence electrons. The monoisotopic (exact) mass is 352 g/mol. The molecule has 1 fully saturated rings. The van der Waals surface area contributed by atoms with Crippen molar-refractivity contribution in [1.82, 2.24) is 29.7 Å². The molecule has 0 radical (unpaired) electrons. The lowest BCUT2D eigenvalue weighted by Gasteiger charge is -2.27. The van der Waals surface area contributed by atoms with Crippen LogP contribution in [-0.2, 0) is 24.4 Å². The fourth-order valence-electron chi connectivity index (χ4n) is 3.50. The minimum atomic E-state index is -0.474. The van der Waals surface area contributed by atoms with Gasteiger partial charge in [0.2, 0.25) is 5.91 Å². The summed E-state index contributed by atoms with van der Waals surface area (Å²) in [5.74, 6) is 0.340. The van der Waals surface area contributed by atoms with Crippen molar-refractivity contribution in [2.75, 3.05) is 6.54 Å². The summed E-state index contributed by atoms with van der Waals surface area (Å²) in [4.78, 5) is 15.9. The van der Waals surface area contributed by atoms with Gasteiger partial charge in [-0.1, -0.05) is 12.1 Å². The van der Waals surface area contributed by atoms with Crippen LogP contribution in [0.4, 0.5) is 0 Å². The zero-order chi connectivity index (χ0) is 17.7. The lowest BCUT2D eigenvalue weighted by Crippen LogP contribution is -2.40. The van der Waals surface area contributed by atoms with Gasteiger partial charge in [-0.25, -0.2) is 0 Å². The number of hydrogen-bond acceptors (Lipinski definition) is 5. The highest BCUT2D eigenvalue weighted by atomic mass is 16.3. The molecule has 1 aromatic carbocycles. The number of fused-ring (bicyclic) bond motifs is 2. The SMILES string of the molecule is O=C(Cn1nc2ccccc2n1)N1CCn2nc([C@@H](O)C3CC3)cc2C1. The van der Waals surface area contributed by atoms with Crippen molar-refractivity contribution in [3.8, 4) is 0 Å². The molecule has 2 aromatic heterocycles. The van der Waals surface area contributed by atoms with Crippen molar-refractivity contribution in [3.05, 3.63) is 41.7 Å². The van der Waals surface area contributed by atoms with Crippen LogP contribution >= 0.6 is 0 Å². The van der Waals surface area contributed by atoms with E-state index in [9.17, 15) is 9.90 Å². The molecule has 0 bridgehead atoms. The number of nitrogens with zero attached hydrogens (tertiary/aromatic N) is 6. The highest BCUT2D eigenvalue weighted by Crippen LogP contribution is 2.40. The Balaban J connectivity index is 1.29. The van der Waals surface area contributed by atoms with Crippen molar-refractivity contribution in [2.24, 2.45) is 5.92 Å². The standard InChI is InChI=1S/C18H20N6O2/c25-17(11-24-20-14-3-1-2-4-15(14)21-24)22-7-8-23-13(10-22)9-16(19-23)18(26)12-5-6-12/h1-4,9,12,18,26H,5-8,10-11H2/t18-/m0/s1. The molecule has 8 heteroatoms. The van der Waals surface area contributed by atoms with Crippen molar-refractivity contribution >= 4 is 16.9 Å². The molecule has 3 aromatic rings. The molecule has 0 spiro atoms. The lowest BCUT2D eigenvalue weighted by atomic mass is 10.1. The van der Waals surface area contributed by atoms with Gasteiger partial charge in [0, 0.05) is 6.54 Å². The van der Waals surface area contributed by atoms with Gasteiger partial charge in [-0.3, -0.25) is 9.48 Å². The highest BCUT2D eigenvalue weighted by Gasteiger charge is 2.33. The Morgan fingerprint density at radius 1 is 1.15 bits per heavy atom. The van der Waals surface area contributed by atoms with E-state index in [0.717, 1.165) is 35.3 Å². The summed E-state index contributed by atoms with van der Waals surface area (Å²) in [6.45, 7) is 1.88. The van der Waals surface area contributed by atoms with E-state index < -0.39 is 6.10 Å². The van der Waals surface area contributed by atoms with Crippen molar-refractivity contribution in [3.63, 3.8) is 0 Å². The van der Waals surface area contributed by atoms with E-state index in [1.807, 2.05) is 35.0 Å². The second-order valence-electron chi connectivity index (χ2n) is 7.10. The van der Waals surface area contributed by atoms with Crippen LogP contribution in [0, 0.1) is 5.92 Å². The smallest absolute Gasteiger partial charge is 0.246 e. The van der Waals surface area contributed by atoms with E-state index in [-0.39, 0.29) is 12.5 Å². The fraction of sp³-hybridized carbons (Fsp3) is 0.444. The lowest BCUT2D eigenvalue weighted by molar-refractivity contribution is -0.133. The highest BCUT2D eigenvalue weighted by molar-refractivity contribution is 5.77. The molecule has 1 atom stereocenters. The normalized spacial score (nSPS) is 18.1. The number of aromatic nitrogens is 5. The minimum absolute atomic E-state index is 0.0120. The molecule has 0 saturated heterocycles. The summed E-state index contributed by atoms with van der Waals surface area (Å²) < 4.78 is 1.91. The van der Waals surface area contributed by atoms with Crippen molar-refractivity contribution < 1.29 is 9.90 Å². The molecule has 0 unspecified atom stereocenters. The predicted octanol–water partition coefficient (Wildman–Crippen LogP) is 1.11. The number of aliphatic hydroxyl groups is 1. The maximum Gasteiger partial charge on any atom is 0.246 e. The summed E-state index contributed by atoms with van der Waals surface area (Å²) >= 11 is 0. The zero-order valence-corrected chi connectivity index (χ0v) is 14.3. The van der Waals surface area contributed by atoms with Gasteiger partial charge >= 0.3 is 0 Å². The van der Waals surface area contributed by atoms with Crippen LogP contribution in [-0.4, -0.2) is 47.2 Å². The quantitative estimate of drug-likeness (QED) is 0.760. The molecule has 1 aliphatic carbocycles. The average Bonchev–Trinajstić information content (AvgIpc) is 3.27. The molecule has 5 rings (SSSR count). The second kappa shape index (κ2) is 5.91. The van der Waals surface area contributed by atoms with E-state index in [1.165, 1.54) is 4.80 Å². The van der Waals surface area contributed by atoms with Crippen LogP contribution in [0.15, 0.2) is 30.3 Å². The first kappa shape index (κ1) is 15.5. The number of benzene rings is 1. The molecule has 26 heavy (non-hydrogen) atoms. The number of aliphatic hydroxyl groups excluding tert-OH is 1. The Morgan fingerprint density at radius 2 is 1.88 bits per heavy atom. The molecule has 1 aliphatic heterocycles. The van der Waals surface area contributed by atoms with E-state index in [4.69, 9.17) is 0 Å². The number of hydrogen-bond donors (Lipinski definition) is 1. The Kier molecular flexibility index (Phi) is 3.53. The van der Waals surface area contributed by atoms with Crippen LogP contribution in [0.3, 0.4) is 0 Å². The third-order valence-corrected chi connectivity index (χ3v) is 5.15. The zero-order valence-electron chi connectivity index (χ0n) is 14.3. The minimum Gasteiger partial charge on any atom is -0.386 e. The number of carbonyl (C=O) groups is 1. The first-order valence-corrected chi connectivity index (χ1v) is 9.00. The van der Waals surface area contributed by atoms with Gasteiger partial charge in [-0.2, -0.15) is 20.1 Å². The Labute approximate surface area is 150 Å². The maximum absolute atomic E-state index is 12.7.